The summed E-state index contributed by atoms with van der Waals surface area (Å²) < 4.78 is 27.3. The topological polar surface area (TPSA) is 86.7 Å². The molecule has 0 saturated heterocycles. The van der Waals surface area contributed by atoms with E-state index < -0.39 is 35.0 Å². The first-order valence-corrected chi connectivity index (χ1v) is 17.0. The molecule has 3 aromatic rings. The van der Waals surface area contributed by atoms with Crippen molar-refractivity contribution in [2.75, 3.05) is 13.9 Å². The second-order valence-electron chi connectivity index (χ2n) is 12.0. The quantitative estimate of drug-likeness (QED) is 0.113. The first-order valence-electron chi connectivity index (χ1n) is 13.6. The van der Waals surface area contributed by atoms with Crippen molar-refractivity contribution in [3.05, 3.63) is 83.6 Å². The molecule has 218 valence electrons. The monoisotopic (exact) mass is 602 g/mol. The number of aromatic nitrogens is 1. The molecule has 40 heavy (non-hydrogen) atoms. The van der Waals surface area contributed by atoms with E-state index in [0.717, 1.165) is 28.8 Å². The van der Waals surface area contributed by atoms with Gasteiger partial charge in [-0.2, -0.15) is 0 Å². The molecule has 1 aromatic heterocycles. The Morgan fingerprint density at radius 1 is 0.925 bits per heavy atom. The summed E-state index contributed by atoms with van der Waals surface area (Å²) in [4.78, 5) is 16.8. The van der Waals surface area contributed by atoms with Crippen LogP contribution in [0, 0.1) is 0 Å². The lowest BCUT2D eigenvalue weighted by molar-refractivity contribution is 0.0491. The fraction of sp³-hybridized carbons (Fsp3) is 0.452. The Morgan fingerprint density at radius 2 is 1.48 bits per heavy atom. The third-order valence-electron chi connectivity index (χ3n) is 7.49. The smallest absolute Gasteiger partial charge is 0.258 e. The molecule has 0 aliphatic heterocycles. The molecular formula is C31H43ClN2O4SSi. The van der Waals surface area contributed by atoms with Crippen LogP contribution in [0.1, 0.15) is 66.4 Å². The minimum atomic E-state index is -3.16. The minimum Gasteiger partial charge on any atom is -0.598 e. The molecule has 0 aliphatic carbocycles. The van der Waals surface area contributed by atoms with Gasteiger partial charge in [-0.25, -0.2) is 4.98 Å². The Kier molecular flexibility index (Phi) is 10.9. The number of hydrogen-bond acceptors (Lipinski definition) is 6. The third-order valence-corrected chi connectivity index (χ3v) is 14.1. The summed E-state index contributed by atoms with van der Waals surface area (Å²) >= 11 is 5.11. The lowest BCUT2D eigenvalue weighted by atomic mass is 9.86. The fourth-order valence-electron chi connectivity index (χ4n) is 5.08. The van der Waals surface area contributed by atoms with Gasteiger partial charge in [0, 0.05) is 30.2 Å². The molecule has 0 spiro atoms. The standard InChI is InChI=1S/C31H43ClN2O4SSi/c1-29(2,3)39(35)34-31(6,26-19-22-33-28(32)27(26)38-23-37-7)21-14-20-30(4,5)40(36,24-15-10-8-11-16-24)25-17-12-9-13-18-25/h8-13,15-19,22,34,36H,14,20-21,23H2,1-7H3/t31?,39-/m0/s1. The second kappa shape index (κ2) is 13.4. The van der Waals surface area contributed by atoms with E-state index in [1.54, 1.807) is 13.3 Å². The van der Waals surface area contributed by atoms with Crippen LogP contribution in [-0.4, -0.2) is 41.3 Å². The number of rotatable bonds is 13. The van der Waals surface area contributed by atoms with E-state index in [4.69, 9.17) is 21.1 Å². The average molecular weight is 603 g/mol. The summed E-state index contributed by atoms with van der Waals surface area (Å²) in [5.41, 5.74) is 0.00170. The number of benzene rings is 2. The Balaban J connectivity index is 1.97. The van der Waals surface area contributed by atoms with Gasteiger partial charge in [-0.15, -0.1) is 4.72 Å². The van der Waals surface area contributed by atoms with E-state index in [2.05, 4.69) is 23.6 Å². The molecule has 6 nitrogen and oxygen atoms in total. The molecule has 2 aromatic carbocycles. The number of ether oxygens (including phenoxy) is 2. The average Bonchev–Trinajstić information content (AvgIpc) is 2.92. The van der Waals surface area contributed by atoms with Crippen molar-refractivity contribution in [1.29, 1.82) is 0 Å². The molecular weight excluding hydrogens is 560 g/mol. The first kappa shape index (κ1) is 32.6. The van der Waals surface area contributed by atoms with Crippen LogP contribution in [0.5, 0.6) is 5.75 Å². The van der Waals surface area contributed by atoms with Crippen LogP contribution < -0.4 is 19.8 Å². The van der Waals surface area contributed by atoms with Gasteiger partial charge in [0.15, 0.2) is 17.7 Å². The summed E-state index contributed by atoms with van der Waals surface area (Å²) in [5, 5.41) is 1.78. The van der Waals surface area contributed by atoms with Gasteiger partial charge in [0.05, 0.1) is 5.54 Å². The predicted molar refractivity (Wildman–Crippen MR) is 168 cm³/mol. The summed E-state index contributed by atoms with van der Waals surface area (Å²) in [6.45, 7) is 12.2. The predicted octanol–water partition coefficient (Wildman–Crippen LogP) is 5.69. The van der Waals surface area contributed by atoms with Crippen LogP contribution in [-0.2, 0) is 21.6 Å². The van der Waals surface area contributed by atoms with E-state index in [1.807, 2.05) is 94.4 Å². The molecule has 0 bridgehead atoms. The van der Waals surface area contributed by atoms with E-state index >= 15 is 0 Å². The summed E-state index contributed by atoms with van der Waals surface area (Å²) in [6.07, 6.45) is 3.75. The van der Waals surface area contributed by atoms with Gasteiger partial charge in [-0.05, 0) is 62.0 Å². The van der Waals surface area contributed by atoms with Crippen LogP contribution in [0.15, 0.2) is 72.9 Å². The van der Waals surface area contributed by atoms with Gasteiger partial charge in [-0.3, -0.25) is 0 Å². The summed E-state index contributed by atoms with van der Waals surface area (Å²) in [7, 11) is -1.61. The highest BCUT2D eigenvalue weighted by Gasteiger charge is 2.50. The zero-order valence-electron chi connectivity index (χ0n) is 24.7. The fourth-order valence-corrected chi connectivity index (χ4v) is 10.0. The van der Waals surface area contributed by atoms with Gasteiger partial charge in [0.25, 0.3) is 8.32 Å². The van der Waals surface area contributed by atoms with Crippen molar-refractivity contribution in [2.45, 2.75) is 76.1 Å². The van der Waals surface area contributed by atoms with Gasteiger partial charge in [0.1, 0.15) is 4.75 Å². The third kappa shape index (κ3) is 7.29. The largest absolute Gasteiger partial charge is 0.598 e. The summed E-state index contributed by atoms with van der Waals surface area (Å²) in [6, 6.07) is 21.9. The van der Waals surface area contributed by atoms with Gasteiger partial charge in [0.2, 0.25) is 0 Å². The Hall–Kier alpha value is -1.91. The van der Waals surface area contributed by atoms with Crippen molar-refractivity contribution < 1.29 is 18.8 Å². The molecule has 0 fully saturated rings. The molecule has 2 atom stereocenters. The molecule has 0 aliphatic rings. The van der Waals surface area contributed by atoms with Crippen molar-refractivity contribution in [1.82, 2.24) is 9.71 Å². The van der Waals surface area contributed by atoms with E-state index in [1.165, 1.54) is 0 Å². The Morgan fingerprint density at radius 3 is 1.98 bits per heavy atom. The maximum Gasteiger partial charge on any atom is 0.258 e. The second-order valence-corrected chi connectivity index (χ2v) is 18.3. The highest BCUT2D eigenvalue weighted by molar-refractivity contribution is 7.90. The van der Waals surface area contributed by atoms with Gasteiger partial charge >= 0.3 is 0 Å². The lowest BCUT2D eigenvalue weighted by Crippen LogP contribution is -2.65. The molecule has 2 N–H and O–H groups in total. The number of nitrogens with zero attached hydrogens (tertiary/aromatic N) is 1. The van der Waals surface area contributed by atoms with Crippen LogP contribution in [0.4, 0.5) is 0 Å². The SMILES string of the molecule is COCOc1c(C(C)(CCCC(C)(C)[Si](O)(c2ccccc2)c2ccccc2)N[S@@+]([O-])C(C)(C)C)ccnc1Cl. The maximum atomic E-state index is 13.4. The minimum absolute atomic E-state index is 0.0106. The van der Waals surface area contributed by atoms with E-state index in [9.17, 15) is 9.35 Å². The zero-order chi connectivity index (χ0) is 29.6. The Bertz CT molecular complexity index is 1190. The zero-order valence-corrected chi connectivity index (χ0v) is 27.2. The lowest BCUT2D eigenvalue weighted by Gasteiger charge is -2.42. The van der Waals surface area contributed by atoms with Crippen LogP contribution >= 0.6 is 11.6 Å². The molecule has 0 radical (unpaired) electrons. The maximum absolute atomic E-state index is 13.4. The number of nitrogens with one attached hydrogen (secondary N) is 1. The molecule has 3 rings (SSSR count). The van der Waals surface area contributed by atoms with E-state index in [-0.39, 0.29) is 11.9 Å². The molecule has 0 saturated carbocycles. The van der Waals surface area contributed by atoms with Gasteiger partial charge in [-0.1, -0.05) is 92.5 Å². The molecule has 9 heteroatoms. The number of methoxy groups -OCH3 is 1. The highest BCUT2D eigenvalue weighted by atomic mass is 35.5. The molecule has 1 heterocycles. The van der Waals surface area contributed by atoms with Crippen LogP contribution in [0.2, 0.25) is 10.2 Å². The number of pyridine rings is 1. The number of hydrogen-bond donors (Lipinski definition) is 2. The van der Waals surface area contributed by atoms with Crippen molar-refractivity contribution in [3.8, 4) is 5.75 Å². The highest BCUT2D eigenvalue weighted by Crippen LogP contribution is 2.44. The number of halogens is 1. The normalized spacial score (nSPS) is 14.9. The van der Waals surface area contributed by atoms with Crippen LogP contribution in [0.3, 0.4) is 0 Å². The Labute approximate surface area is 248 Å². The van der Waals surface area contributed by atoms with Crippen molar-refractivity contribution >= 4 is 41.7 Å². The van der Waals surface area contributed by atoms with Crippen molar-refractivity contribution in [2.24, 2.45) is 0 Å². The molecule has 0 amide bonds. The summed E-state index contributed by atoms with van der Waals surface area (Å²) in [5.74, 6) is 0.408. The first-order chi connectivity index (χ1) is 18.8. The van der Waals surface area contributed by atoms with E-state index in [0.29, 0.717) is 12.2 Å². The molecule has 1 unspecified atom stereocenters. The van der Waals surface area contributed by atoms with Crippen molar-refractivity contribution in [3.63, 3.8) is 0 Å². The van der Waals surface area contributed by atoms with Gasteiger partial charge < -0.3 is 18.8 Å². The van der Waals surface area contributed by atoms with Crippen LogP contribution in [0.25, 0.3) is 0 Å².